The third kappa shape index (κ3) is 10.4. The summed E-state index contributed by atoms with van der Waals surface area (Å²) in [5.41, 5.74) is -0.543. The van der Waals surface area contributed by atoms with Crippen LogP contribution in [0.15, 0.2) is 18.2 Å². The van der Waals surface area contributed by atoms with Crippen LogP contribution in [0.3, 0.4) is 0 Å². The molecule has 0 aliphatic heterocycles. The summed E-state index contributed by atoms with van der Waals surface area (Å²) < 4.78 is 10.4. The molecule has 0 aliphatic rings. The Labute approximate surface area is 169 Å². The smallest absolute Gasteiger partial charge is 0.305 e. The molecule has 0 aromatic heterocycles. The largest absolute Gasteiger partial charge is 0.463 e. The van der Waals surface area contributed by atoms with Gasteiger partial charge in [-0.05, 0) is 12.5 Å². The summed E-state index contributed by atoms with van der Waals surface area (Å²) in [7, 11) is 0. The normalized spacial score (nSPS) is 10.5. The second-order valence-electron chi connectivity index (χ2n) is 6.49. The van der Waals surface area contributed by atoms with Gasteiger partial charge in [-0.15, -0.1) is 0 Å². The van der Waals surface area contributed by atoms with Crippen molar-refractivity contribution in [1.29, 1.82) is 0 Å². The van der Waals surface area contributed by atoms with E-state index >= 15 is 0 Å². The number of nitro groups is 2. The molecule has 1 aromatic rings. The maximum Gasteiger partial charge on any atom is 0.305 e. The molecule has 10 heteroatoms. The number of non-ortho nitro benzene ring substituents is 1. The second kappa shape index (κ2) is 14.3. The molecule has 0 saturated carbocycles. The van der Waals surface area contributed by atoms with Crippen LogP contribution in [-0.2, 0) is 14.3 Å². The number of unbranched alkanes of at least 4 members (excludes halogenated alkanes) is 5. The molecule has 10 nitrogen and oxygen atoms in total. The minimum absolute atomic E-state index is 0.159. The van der Waals surface area contributed by atoms with Crippen LogP contribution in [-0.4, -0.2) is 42.2 Å². The van der Waals surface area contributed by atoms with E-state index in [1.54, 1.807) is 0 Å². The first-order valence-corrected chi connectivity index (χ1v) is 9.85. The van der Waals surface area contributed by atoms with Crippen molar-refractivity contribution in [1.82, 2.24) is 0 Å². The molecule has 1 rings (SSSR count). The molecule has 0 atom stereocenters. The van der Waals surface area contributed by atoms with Gasteiger partial charge in [-0.2, -0.15) is 0 Å². The van der Waals surface area contributed by atoms with Gasteiger partial charge < -0.3 is 14.8 Å². The number of nitro benzene ring substituents is 2. The second-order valence-corrected chi connectivity index (χ2v) is 6.49. The van der Waals surface area contributed by atoms with E-state index < -0.39 is 9.85 Å². The summed E-state index contributed by atoms with van der Waals surface area (Å²) in [6, 6.07) is 3.40. The fourth-order valence-corrected chi connectivity index (χ4v) is 2.63. The summed E-state index contributed by atoms with van der Waals surface area (Å²) in [5.74, 6) is -0.233. The van der Waals surface area contributed by atoms with E-state index in [1.807, 2.05) is 0 Å². The Morgan fingerprint density at radius 1 is 1.00 bits per heavy atom. The lowest BCUT2D eigenvalue weighted by atomic mass is 10.1. The van der Waals surface area contributed by atoms with E-state index in [-0.39, 0.29) is 49.4 Å². The van der Waals surface area contributed by atoms with Crippen LogP contribution in [0, 0.1) is 20.2 Å². The fourth-order valence-electron chi connectivity index (χ4n) is 2.63. The molecule has 162 valence electrons. The van der Waals surface area contributed by atoms with Crippen molar-refractivity contribution < 1.29 is 24.1 Å². The first kappa shape index (κ1) is 24.3. The van der Waals surface area contributed by atoms with Gasteiger partial charge in [0.1, 0.15) is 12.3 Å². The number of carbonyl (C=O) groups excluding carboxylic acids is 1. The third-order valence-corrected chi connectivity index (χ3v) is 4.18. The Kier molecular flexibility index (Phi) is 12.0. The van der Waals surface area contributed by atoms with Gasteiger partial charge in [0.2, 0.25) is 0 Å². The van der Waals surface area contributed by atoms with E-state index in [0.29, 0.717) is 6.42 Å². The molecule has 0 unspecified atom stereocenters. The molecule has 0 spiro atoms. The highest BCUT2D eigenvalue weighted by Crippen LogP contribution is 2.28. The monoisotopic (exact) mass is 411 g/mol. The maximum atomic E-state index is 11.6. The van der Waals surface area contributed by atoms with Crippen LogP contribution in [0.2, 0.25) is 0 Å². The maximum absolute atomic E-state index is 11.6. The SMILES string of the molecule is CCCCCCCCC(=O)OCCOCCNc1ccc([N+](=O)[O-])cc1[N+](=O)[O-]. The van der Waals surface area contributed by atoms with Gasteiger partial charge >= 0.3 is 5.97 Å². The summed E-state index contributed by atoms with van der Waals surface area (Å²) in [4.78, 5) is 32.0. The lowest BCUT2D eigenvalue weighted by molar-refractivity contribution is -0.393. The summed E-state index contributed by atoms with van der Waals surface area (Å²) in [6.07, 6.45) is 7.06. The van der Waals surface area contributed by atoms with Gasteiger partial charge in [0.25, 0.3) is 11.4 Å². The molecule has 0 heterocycles. The highest BCUT2D eigenvalue weighted by atomic mass is 16.6. The summed E-state index contributed by atoms with van der Waals surface area (Å²) >= 11 is 0. The van der Waals surface area contributed by atoms with Crippen LogP contribution < -0.4 is 5.32 Å². The average Bonchev–Trinajstić information content (AvgIpc) is 2.69. The minimum atomic E-state index is -0.687. The molecule has 0 saturated heterocycles. The number of hydrogen-bond donors (Lipinski definition) is 1. The third-order valence-electron chi connectivity index (χ3n) is 4.18. The van der Waals surface area contributed by atoms with E-state index in [4.69, 9.17) is 9.47 Å². The summed E-state index contributed by atoms with van der Waals surface area (Å²) in [5, 5.41) is 24.6. The highest BCUT2D eigenvalue weighted by molar-refractivity contribution is 5.69. The molecular weight excluding hydrogens is 382 g/mol. The number of nitrogens with one attached hydrogen (secondary N) is 1. The van der Waals surface area contributed by atoms with Gasteiger partial charge in [0, 0.05) is 19.0 Å². The van der Waals surface area contributed by atoms with Gasteiger partial charge in [0.15, 0.2) is 0 Å². The van der Waals surface area contributed by atoms with Gasteiger partial charge in [-0.3, -0.25) is 25.0 Å². The quantitative estimate of drug-likeness (QED) is 0.185. The molecule has 0 amide bonds. The Bertz CT molecular complexity index is 667. The van der Waals surface area contributed by atoms with E-state index in [9.17, 15) is 25.0 Å². The molecule has 29 heavy (non-hydrogen) atoms. The van der Waals surface area contributed by atoms with Gasteiger partial charge in [0.05, 0.1) is 29.1 Å². The fraction of sp³-hybridized carbons (Fsp3) is 0.632. The molecule has 0 radical (unpaired) electrons. The zero-order valence-corrected chi connectivity index (χ0v) is 16.8. The minimum Gasteiger partial charge on any atom is -0.463 e. The number of hydrogen-bond acceptors (Lipinski definition) is 8. The lowest BCUT2D eigenvalue weighted by Gasteiger charge is -2.08. The average molecular weight is 411 g/mol. The standard InChI is InChI=1S/C19H29N3O7/c1-2-3-4-5-6-7-8-19(23)29-14-13-28-12-11-20-17-10-9-16(21(24)25)15-18(17)22(26)27/h9-10,15,20H,2-8,11-14H2,1H3. The first-order valence-electron chi connectivity index (χ1n) is 9.85. The van der Waals surface area contributed by atoms with E-state index in [0.717, 1.165) is 25.3 Å². The Morgan fingerprint density at radius 3 is 2.41 bits per heavy atom. The van der Waals surface area contributed by atoms with Crippen molar-refractivity contribution in [2.45, 2.75) is 51.9 Å². The first-order chi connectivity index (χ1) is 14.0. The van der Waals surface area contributed by atoms with Crippen LogP contribution >= 0.6 is 0 Å². The predicted molar refractivity (Wildman–Crippen MR) is 108 cm³/mol. The van der Waals surface area contributed by atoms with Crippen molar-refractivity contribution in [2.75, 3.05) is 31.7 Å². The van der Waals surface area contributed by atoms with Crippen LogP contribution in [0.1, 0.15) is 51.9 Å². The number of esters is 1. The molecule has 0 aliphatic carbocycles. The van der Waals surface area contributed by atoms with Crippen molar-refractivity contribution in [3.63, 3.8) is 0 Å². The Hall–Kier alpha value is -2.75. The zero-order chi connectivity index (χ0) is 21.5. The van der Waals surface area contributed by atoms with Crippen LogP contribution in [0.5, 0.6) is 0 Å². The van der Waals surface area contributed by atoms with Crippen LogP contribution in [0.4, 0.5) is 17.1 Å². The van der Waals surface area contributed by atoms with E-state index in [2.05, 4.69) is 12.2 Å². The molecule has 0 bridgehead atoms. The van der Waals surface area contributed by atoms with Gasteiger partial charge in [-0.25, -0.2) is 0 Å². The Morgan fingerprint density at radius 2 is 1.72 bits per heavy atom. The van der Waals surface area contributed by atoms with Crippen molar-refractivity contribution in [3.05, 3.63) is 38.4 Å². The number of nitrogens with zero attached hydrogens (tertiary/aromatic N) is 2. The van der Waals surface area contributed by atoms with Crippen molar-refractivity contribution in [3.8, 4) is 0 Å². The topological polar surface area (TPSA) is 134 Å². The number of benzene rings is 1. The molecule has 1 N–H and O–H groups in total. The molecular formula is C19H29N3O7. The number of rotatable bonds is 16. The molecule has 0 fully saturated rings. The van der Waals surface area contributed by atoms with Gasteiger partial charge in [-0.1, -0.05) is 39.0 Å². The predicted octanol–water partition coefficient (Wildman–Crippen LogP) is 4.23. The lowest BCUT2D eigenvalue weighted by Crippen LogP contribution is -2.15. The highest BCUT2D eigenvalue weighted by Gasteiger charge is 2.18. The van der Waals surface area contributed by atoms with E-state index in [1.165, 1.54) is 31.4 Å². The zero-order valence-electron chi connectivity index (χ0n) is 16.8. The summed E-state index contributed by atoms with van der Waals surface area (Å²) in [6.45, 7) is 3.06. The Balaban J connectivity index is 2.15. The number of anilines is 1. The van der Waals surface area contributed by atoms with Crippen molar-refractivity contribution in [2.24, 2.45) is 0 Å². The van der Waals surface area contributed by atoms with Crippen molar-refractivity contribution >= 4 is 23.0 Å². The number of ether oxygens (including phenoxy) is 2. The van der Waals surface area contributed by atoms with Crippen LogP contribution in [0.25, 0.3) is 0 Å². The molecule has 1 aromatic carbocycles. The number of carbonyl (C=O) groups is 1.